The smallest absolute Gasteiger partial charge is 0.128 e. The molecule has 0 spiro atoms. The number of hydrogen-bond acceptors (Lipinski definition) is 2. The fraction of sp³-hybridized carbons (Fsp3) is 0.538. The number of methoxy groups -OCH3 is 1. The van der Waals surface area contributed by atoms with E-state index in [0.717, 1.165) is 25.1 Å². The van der Waals surface area contributed by atoms with Crippen molar-refractivity contribution in [3.8, 4) is 0 Å². The van der Waals surface area contributed by atoms with Crippen LogP contribution in [0.15, 0.2) is 18.2 Å². The van der Waals surface area contributed by atoms with Crippen molar-refractivity contribution in [1.29, 1.82) is 0 Å². The highest BCUT2D eigenvalue weighted by Crippen LogP contribution is 2.47. The molecule has 0 aliphatic heterocycles. The van der Waals surface area contributed by atoms with Crippen LogP contribution in [-0.2, 0) is 4.74 Å². The molecule has 2 unspecified atom stereocenters. The summed E-state index contributed by atoms with van der Waals surface area (Å²) in [5.41, 5.74) is 0.799. The second kappa shape index (κ2) is 5.80. The van der Waals surface area contributed by atoms with E-state index in [1.807, 2.05) is 0 Å². The third kappa shape index (κ3) is 3.41. The molecule has 1 saturated carbocycles. The molecule has 2 nitrogen and oxygen atoms in total. The molecule has 1 N–H and O–H groups in total. The highest BCUT2D eigenvalue weighted by Gasteiger charge is 2.39. The Morgan fingerprint density at radius 3 is 3.06 bits per heavy atom. The molecular weight excluding hydrogens is 241 g/mol. The van der Waals surface area contributed by atoms with Crippen molar-refractivity contribution in [3.05, 3.63) is 34.6 Å². The van der Waals surface area contributed by atoms with E-state index in [2.05, 4.69) is 5.32 Å². The average Bonchev–Trinajstić information content (AvgIpc) is 3.04. The lowest BCUT2D eigenvalue weighted by atomic mass is 10.1. The predicted molar refractivity (Wildman–Crippen MR) is 67.0 cm³/mol. The Hall–Kier alpha value is -0.640. The molecule has 1 aliphatic carbocycles. The Balaban J connectivity index is 1.81. The lowest BCUT2D eigenvalue weighted by molar-refractivity contribution is 0.199. The van der Waals surface area contributed by atoms with Crippen molar-refractivity contribution in [3.63, 3.8) is 0 Å². The summed E-state index contributed by atoms with van der Waals surface area (Å²) in [6.45, 7) is 2.49. The molecule has 0 amide bonds. The van der Waals surface area contributed by atoms with E-state index in [1.54, 1.807) is 19.2 Å². The van der Waals surface area contributed by atoms with Crippen molar-refractivity contribution >= 4 is 11.6 Å². The maximum absolute atomic E-state index is 13.6. The second-order valence-corrected chi connectivity index (χ2v) is 4.90. The van der Waals surface area contributed by atoms with E-state index in [9.17, 15) is 4.39 Å². The zero-order valence-electron chi connectivity index (χ0n) is 9.88. The minimum absolute atomic E-state index is 0.179. The Morgan fingerprint density at radius 1 is 1.53 bits per heavy atom. The third-order valence-corrected chi connectivity index (χ3v) is 3.41. The van der Waals surface area contributed by atoms with Crippen LogP contribution in [-0.4, -0.2) is 26.8 Å². The number of nitrogens with one attached hydrogen (secondary N) is 1. The van der Waals surface area contributed by atoms with Crippen LogP contribution in [0.4, 0.5) is 4.39 Å². The lowest BCUT2D eigenvalue weighted by Gasteiger charge is -2.05. The van der Waals surface area contributed by atoms with Gasteiger partial charge in [0.15, 0.2) is 0 Å². The van der Waals surface area contributed by atoms with E-state index in [-0.39, 0.29) is 5.82 Å². The van der Waals surface area contributed by atoms with E-state index in [0.29, 0.717) is 23.5 Å². The van der Waals surface area contributed by atoms with Gasteiger partial charge in [-0.05, 0) is 42.5 Å². The summed E-state index contributed by atoms with van der Waals surface area (Å²) >= 11 is 5.73. The number of halogens is 2. The minimum Gasteiger partial charge on any atom is -0.383 e. The molecule has 17 heavy (non-hydrogen) atoms. The summed E-state index contributed by atoms with van der Waals surface area (Å²) in [4.78, 5) is 0. The van der Waals surface area contributed by atoms with Crippen molar-refractivity contribution in [2.24, 2.45) is 5.92 Å². The van der Waals surface area contributed by atoms with Gasteiger partial charge in [-0.1, -0.05) is 17.7 Å². The lowest BCUT2D eigenvalue weighted by Crippen LogP contribution is -2.21. The number of benzene rings is 1. The zero-order valence-corrected chi connectivity index (χ0v) is 10.6. The van der Waals surface area contributed by atoms with Gasteiger partial charge in [0.2, 0.25) is 0 Å². The van der Waals surface area contributed by atoms with Gasteiger partial charge in [-0.2, -0.15) is 0 Å². The molecule has 94 valence electrons. The predicted octanol–water partition coefficient (Wildman–Crippen LogP) is 2.82. The molecule has 2 rings (SSSR count). The van der Waals surface area contributed by atoms with Crippen LogP contribution in [0.1, 0.15) is 17.9 Å². The first kappa shape index (κ1) is 12.8. The first-order valence-electron chi connectivity index (χ1n) is 5.87. The molecule has 0 bridgehead atoms. The van der Waals surface area contributed by atoms with Gasteiger partial charge in [-0.3, -0.25) is 0 Å². The molecule has 1 fully saturated rings. The van der Waals surface area contributed by atoms with Gasteiger partial charge in [0.1, 0.15) is 5.82 Å². The van der Waals surface area contributed by atoms with E-state index < -0.39 is 0 Å². The summed E-state index contributed by atoms with van der Waals surface area (Å²) in [7, 11) is 1.69. The zero-order chi connectivity index (χ0) is 12.3. The average molecular weight is 258 g/mol. The summed E-state index contributed by atoms with van der Waals surface area (Å²) in [6, 6.07) is 4.95. The fourth-order valence-corrected chi connectivity index (χ4v) is 2.28. The molecule has 0 heterocycles. The standard InChI is InChI=1S/C13H17ClFNO/c1-17-5-4-16-8-9-6-12(9)11-3-2-10(14)7-13(11)15/h2-3,7,9,12,16H,4-6,8H2,1H3. The van der Waals surface area contributed by atoms with E-state index in [1.165, 1.54) is 6.07 Å². The molecule has 1 aromatic carbocycles. The molecule has 0 radical (unpaired) electrons. The minimum atomic E-state index is -0.179. The topological polar surface area (TPSA) is 21.3 Å². The largest absolute Gasteiger partial charge is 0.383 e. The molecule has 1 aliphatic rings. The maximum atomic E-state index is 13.6. The fourth-order valence-electron chi connectivity index (χ4n) is 2.12. The van der Waals surface area contributed by atoms with Crippen LogP contribution in [0.2, 0.25) is 5.02 Å². The summed E-state index contributed by atoms with van der Waals surface area (Å²) in [5, 5.41) is 3.77. The van der Waals surface area contributed by atoms with Gasteiger partial charge in [-0.25, -0.2) is 4.39 Å². The Kier molecular flexibility index (Phi) is 4.37. The van der Waals surface area contributed by atoms with Gasteiger partial charge in [0, 0.05) is 18.7 Å². The summed E-state index contributed by atoms with van der Waals surface area (Å²) in [5.74, 6) is 0.715. The Bertz CT molecular complexity index is 386. The molecule has 0 saturated heterocycles. The van der Waals surface area contributed by atoms with Crippen molar-refractivity contribution < 1.29 is 9.13 Å². The Labute approximate surface area is 106 Å². The van der Waals surface area contributed by atoms with E-state index >= 15 is 0 Å². The third-order valence-electron chi connectivity index (χ3n) is 3.17. The van der Waals surface area contributed by atoms with Crippen LogP contribution >= 0.6 is 11.6 Å². The highest BCUT2D eigenvalue weighted by molar-refractivity contribution is 6.30. The quantitative estimate of drug-likeness (QED) is 0.792. The van der Waals surface area contributed by atoms with Gasteiger partial charge >= 0.3 is 0 Å². The van der Waals surface area contributed by atoms with Crippen LogP contribution in [0.25, 0.3) is 0 Å². The number of hydrogen-bond donors (Lipinski definition) is 1. The second-order valence-electron chi connectivity index (χ2n) is 4.47. The molecule has 2 atom stereocenters. The first-order chi connectivity index (χ1) is 8.22. The van der Waals surface area contributed by atoms with Crippen molar-refractivity contribution in [1.82, 2.24) is 5.32 Å². The normalized spacial score (nSPS) is 22.8. The Morgan fingerprint density at radius 2 is 2.35 bits per heavy atom. The molecule has 1 aromatic rings. The molecule has 4 heteroatoms. The van der Waals surface area contributed by atoms with Crippen LogP contribution < -0.4 is 5.32 Å². The highest BCUT2D eigenvalue weighted by atomic mass is 35.5. The first-order valence-corrected chi connectivity index (χ1v) is 6.24. The molecule has 0 aromatic heterocycles. The molecular formula is C13H17ClFNO. The maximum Gasteiger partial charge on any atom is 0.128 e. The van der Waals surface area contributed by atoms with Gasteiger partial charge in [0.25, 0.3) is 0 Å². The monoisotopic (exact) mass is 257 g/mol. The SMILES string of the molecule is COCCNCC1CC1c1ccc(Cl)cc1F. The van der Waals surface area contributed by atoms with Crippen LogP contribution in [0, 0.1) is 11.7 Å². The van der Waals surface area contributed by atoms with Gasteiger partial charge in [-0.15, -0.1) is 0 Å². The van der Waals surface area contributed by atoms with E-state index in [4.69, 9.17) is 16.3 Å². The number of ether oxygens (including phenoxy) is 1. The van der Waals surface area contributed by atoms with Crippen LogP contribution in [0.5, 0.6) is 0 Å². The van der Waals surface area contributed by atoms with Crippen molar-refractivity contribution in [2.45, 2.75) is 12.3 Å². The van der Waals surface area contributed by atoms with Crippen LogP contribution in [0.3, 0.4) is 0 Å². The summed E-state index contributed by atoms with van der Waals surface area (Å²) in [6.07, 6.45) is 1.05. The summed E-state index contributed by atoms with van der Waals surface area (Å²) < 4.78 is 18.6. The van der Waals surface area contributed by atoms with Crippen molar-refractivity contribution in [2.75, 3.05) is 26.8 Å². The van der Waals surface area contributed by atoms with Gasteiger partial charge in [0.05, 0.1) is 6.61 Å². The number of rotatable bonds is 6. The van der Waals surface area contributed by atoms with Gasteiger partial charge < -0.3 is 10.1 Å².